The van der Waals surface area contributed by atoms with Gasteiger partial charge in [0.2, 0.25) is 10.0 Å². The van der Waals surface area contributed by atoms with Gasteiger partial charge in [0.25, 0.3) is 5.91 Å². The van der Waals surface area contributed by atoms with Crippen LogP contribution in [0, 0.1) is 13.8 Å². The Hall–Kier alpha value is -3.17. The monoisotopic (exact) mass is 468 g/mol. The van der Waals surface area contributed by atoms with Gasteiger partial charge >= 0.3 is 0 Å². The molecule has 0 aliphatic carbocycles. The highest BCUT2D eigenvalue weighted by atomic mass is 32.2. The molecule has 1 saturated heterocycles. The molecule has 3 aromatic rings. The van der Waals surface area contributed by atoms with Crippen LogP contribution >= 0.6 is 0 Å². The number of hydrogen-bond acceptors (Lipinski definition) is 5. The molecule has 9 heteroatoms. The lowest BCUT2D eigenvalue weighted by atomic mass is 10.0. The highest BCUT2D eigenvalue weighted by Gasteiger charge is 2.30. The number of aromatic hydroxyl groups is 1. The van der Waals surface area contributed by atoms with Crippen LogP contribution in [0.25, 0.3) is 11.3 Å². The molecule has 1 fully saturated rings. The topological polar surface area (TPSA) is 115 Å². The van der Waals surface area contributed by atoms with Crippen LogP contribution in [0.4, 0.5) is 5.69 Å². The smallest absolute Gasteiger partial charge is 0.273 e. The van der Waals surface area contributed by atoms with Gasteiger partial charge in [-0.05, 0) is 81.1 Å². The normalized spacial score (nSPS) is 17.1. The lowest BCUT2D eigenvalue weighted by molar-refractivity contribution is 0.102. The molecule has 0 saturated carbocycles. The Balaban J connectivity index is 1.49. The first-order valence-corrected chi connectivity index (χ1v) is 12.4. The minimum Gasteiger partial charge on any atom is -0.507 e. The van der Waals surface area contributed by atoms with E-state index in [1.54, 1.807) is 22.5 Å². The molecule has 174 valence electrons. The van der Waals surface area contributed by atoms with E-state index in [9.17, 15) is 18.3 Å². The van der Waals surface area contributed by atoms with Crippen molar-refractivity contribution in [1.29, 1.82) is 0 Å². The Bertz CT molecular complexity index is 1280. The highest BCUT2D eigenvalue weighted by Crippen LogP contribution is 2.32. The number of carbonyl (C=O) groups excluding carboxylic acids is 1. The standard InChI is InChI=1S/C24H28N4O4S/c1-15-12-16(2)23(29)20(13-15)21-14-22(27-26-21)24(30)25-18-7-9-19(10-8-18)33(31,32)28-11-5-4-6-17(28)3/h7-10,12-14,17,29H,4-6,11H2,1-3H3,(H,25,30)(H,26,27)/t17-/m1/s1. The number of aromatic amines is 1. The maximum Gasteiger partial charge on any atom is 0.273 e. The summed E-state index contributed by atoms with van der Waals surface area (Å²) in [6, 6.07) is 11.4. The zero-order valence-electron chi connectivity index (χ0n) is 18.9. The van der Waals surface area contributed by atoms with Gasteiger partial charge in [-0.3, -0.25) is 9.89 Å². The summed E-state index contributed by atoms with van der Waals surface area (Å²) in [5.41, 5.74) is 3.40. The molecule has 1 atom stereocenters. The first-order valence-electron chi connectivity index (χ1n) is 11.0. The highest BCUT2D eigenvalue weighted by molar-refractivity contribution is 7.89. The van der Waals surface area contributed by atoms with Crippen LogP contribution in [-0.2, 0) is 10.0 Å². The summed E-state index contributed by atoms with van der Waals surface area (Å²) in [5.74, 6) is -0.295. The number of benzene rings is 2. The fourth-order valence-electron chi connectivity index (χ4n) is 4.20. The quantitative estimate of drug-likeness (QED) is 0.519. The van der Waals surface area contributed by atoms with E-state index < -0.39 is 15.9 Å². The van der Waals surface area contributed by atoms with Crippen molar-refractivity contribution in [2.75, 3.05) is 11.9 Å². The third kappa shape index (κ3) is 4.65. The van der Waals surface area contributed by atoms with Gasteiger partial charge in [-0.2, -0.15) is 9.40 Å². The summed E-state index contributed by atoms with van der Waals surface area (Å²) >= 11 is 0. The summed E-state index contributed by atoms with van der Waals surface area (Å²) in [7, 11) is -3.57. The van der Waals surface area contributed by atoms with Crippen molar-refractivity contribution in [2.45, 2.75) is 51.0 Å². The van der Waals surface area contributed by atoms with E-state index in [2.05, 4.69) is 15.5 Å². The van der Waals surface area contributed by atoms with Crippen LogP contribution in [0.2, 0.25) is 0 Å². The molecule has 8 nitrogen and oxygen atoms in total. The molecule has 2 aromatic carbocycles. The van der Waals surface area contributed by atoms with E-state index in [4.69, 9.17) is 0 Å². The number of rotatable bonds is 5. The third-order valence-corrected chi connectivity index (χ3v) is 8.03. The number of phenolic OH excluding ortho intramolecular Hbond substituents is 1. The third-order valence-electron chi connectivity index (χ3n) is 6.00. The van der Waals surface area contributed by atoms with Gasteiger partial charge in [0, 0.05) is 23.8 Å². The van der Waals surface area contributed by atoms with Crippen molar-refractivity contribution < 1.29 is 18.3 Å². The summed E-state index contributed by atoms with van der Waals surface area (Å²) in [6.07, 6.45) is 2.76. The van der Waals surface area contributed by atoms with Gasteiger partial charge in [0.05, 0.1) is 10.6 Å². The maximum atomic E-state index is 13.0. The Labute approximate surface area is 193 Å². The molecule has 0 bridgehead atoms. The second kappa shape index (κ2) is 8.99. The average Bonchev–Trinajstić information content (AvgIpc) is 3.27. The van der Waals surface area contributed by atoms with Crippen molar-refractivity contribution in [3.8, 4) is 17.0 Å². The number of amides is 1. The fourth-order valence-corrected chi connectivity index (χ4v) is 5.90. The number of anilines is 1. The molecule has 3 N–H and O–H groups in total. The second-order valence-corrected chi connectivity index (χ2v) is 10.5. The summed E-state index contributed by atoms with van der Waals surface area (Å²) in [4.78, 5) is 12.9. The SMILES string of the molecule is Cc1cc(C)c(O)c(-c2cc(C(=O)Nc3ccc(S(=O)(=O)N4CCCC[C@H]4C)cc3)[nH]n2)c1. The Kier molecular flexibility index (Phi) is 6.27. The molecule has 1 aliphatic rings. The molecule has 1 aliphatic heterocycles. The van der Waals surface area contributed by atoms with Gasteiger partial charge in [-0.25, -0.2) is 8.42 Å². The predicted molar refractivity (Wildman–Crippen MR) is 127 cm³/mol. The fraction of sp³-hybridized carbons (Fsp3) is 0.333. The second-order valence-electron chi connectivity index (χ2n) is 8.58. The lowest BCUT2D eigenvalue weighted by Crippen LogP contribution is -2.41. The first kappa shape index (κ1) is 23.0. The van der Waals surface area contributed by atoms with Crippen molar-refractivity contribution in [3.05, 3.63) is 59.3 Å². The maximum absolute atomic E-state index is 13.0. The van der Waals surface area contributed by atoms with E-state index in [0.717, 1.165) is 30.4 Å². The number of aryl methyl sites for hydroxylation is 2. The van der Waals surface area contributed by atoms with Crippen molar-refractivity contribution in [2.24, 2.45) is 0 Å². The van der Waals surface area contributed by atoms with Gasteiger partial charge in [-0.15, -0.1) is 0 Å². The van der Waals surface area contributed by atoms with Crippen LogP contribution in [0.5, 0.6) is 5.75 Å². The van der Waals surface area contributed by atoms with E-state index in [1.807, 2.05) is 32.9 Å². The average molecular weight is 469 g/mol. The molecule has 1 aromatic heterocycles. The van der Waals surface area contributed by atoms with Crippen molar-refractivity contribution >= 4 is 21.6 Å². The number of sulfonamides is 1. The van der Waals surface area contributed by atoms with Gasteiger partial charge in [-0.1, -0.05) is 12.5 Å². The van der Waals surface area contributed by atoms with Crippen molar-refractivity contribution in [1.82, 2.24) is 14.5 Å². The number of H-pyrrole nitrogens is 1. The summed E-state index contributed by atoms with van der Waals surface area (Å²) in [6.45, 7) is 6.19. The molecule has 0 unspecified atom stereocenters. The van der Waals surface area contributed by atoms with Crippen LogP contribution in [0.3, 0.4) is 0 Å². The number of nitrogens with one attached hydrogen (secondary N) is 2. The molecular formula is C24H28N4O4S. The number of nitrogens with zero attached hydrogens (tertiary/aromatic N) is 2. The lowest BCUT2D eigenvalue weighted by Gasteiger charge is -2.32. The zero-order chi connectivity index (χ0) is 23.8. The molecule has 1 amide bonds. The van der Waals surface area contributed by atoms with Crippen LogP contribution in [0.15, 0.2) is 47.4 Å². The largest absolute Gasteiger partial charge is 0.507 e. The zero-order valence-corrected chi connectivity index (χ0v) is 19.7. The molecule has 2 heterocycles. The molecule has 4 rings (SSSR count). The summed E-state index contributed by atoms with van der Waals surface area (Å²) in [5, 5.41) is 20.0. The Morgan fingerprint density at radius 2 is 1.88 bits per heavy atom. The minimum absolute atomic E-state index is 0.0191. The minimum atomic E-state index is -3.57. The van der Waals surface area contributed by atoms with E-state index in [-0.39, 0.29) is 22.4 Å². The first-order chi connectivity index (χ1) is 15.7. The number of piperidine rings is 1. The van der Waals surface area contributed by atoms with Crippen molar-refractivity contribution in [3.63, 3.8) is 0 Å². The van der Waals surface area contributed by atoms with Crippen LogP contribution < -0.4 is 5.32 Å². The molecule has 0 spiro atoms. The van der Waals surface area contributed by atoms with E-state index >= 15 is 0 Å². The Morgan fingerprint density at radius 1 is 1.15 bits per heavy atom. The number of hydrogen-bond donors (Lipinski definition) is 3. The predicted octanol–water partition coefficient (Wildman–Crippen LogP) is 4.21. The molecule has 33 heavy (non-hydrogen) atoms. The van der Waals surface area contributed by atoms with Crippen LogP contribution in [-0.4, -0.2) is 46.5 Å². The van der Waals surface area contributed by atoms with Gasteiger partial charge < -0.3 is 10.4 Å². The van der Waals surface area contributed by atoms with Crippen LogP contribution in [0.1, 0.15) is 47.8 Å². The number of carbonyl (C=O) groups is 1. The van der Waals surface area contributed by atoms with E-state index in [1.165, 1.54) is 12.1 Å². The number of aromatic nitrogens is 2. The van der Waals surface area contributed by atoms with Gasteiger partial charge in [0.1, 0.15) is 11.4 Å². The molecular weight excluding hydrogens is 440 g/mol. The number of phenols is 1. The van der Waals surface area contributed by atoms with E-state index in [0.29, 0.717) is 23.5 Å². The Morgan fingerprint density at radius 3 is 2.58 bits per heavy atom. The molecule has 0 radical (unpaired) electrons. The van der Waals surface area contributed by atoms with Gasteiger partial charge in [0.15, 0.2) is 0 Å². The summed E-state index contributed by atoms with van der Waals surface area (Å²) < 4.78 is 27.5.